The Kier molecular flexibility index (Phi) is 6.94. The molecule has 0 aliphatic rings. The van der Waals surface area contributed by atoms with Gasteiger partial charge < -0.3 is 10.1 Å². The SMILES string of the molecule is Cc1ccc(C(NC(=O)C(C)Oc2cc(C)ccc2C(C)C)c2ccccc2)cc1. The number of carbonyl (C=O) groups excluding carboxylic acids is 1. The van der Waals surface area contributed by atoms with Crippen molar-refractivity contribution in [3.8, 4) is 5.75 Å². The second kappa shape index (κ2) is 9.62. The third kappa shape index (κ3) is 5.29. The molecule has 0 aromatic heterocycles. The molecule has 0 saturated heterocycles. The van der Waals surface area contributed by atoms with Gasteiger partial charge in [-0.15, -0.1) is 0 Å². The van der Waals surface area contributed by atoms with Crippen LogP contribution in [0.3, 0.4) is 0 Å². The Morgan fingerprint density at radius 3 is 2.03 bits per heavy atom. The molecule has 2 atom stereocenters. The number of amides is 1. The molecule has 0 aliphatic carbocycles. The Hall–Kier alpha value is -3.07. The summed E-state index contributed by atoms with van der Waals surface area (Å²) in [7, 11) is 0. The van der Waals surface area contributed by atoms with Crippen molar-refractivity contribution in [3.05, 3.63) is 101 Å². The standard InChI is InChI=1S/C27H31NO2/c1-18(2)24-16-13-20(4)17-25(24)30-21(5)27(29)28-26(22-9-7-6-8-10-22)23-14-11-19(3)12-15-23/h6-18,21,26H,1-5H3,(H,28,29). The smallest absolute Gasteiger partial charge is 0.261 e. The third-order valence-electron chi connectivity index (χ3n) is 5.29. The number of rotatable bonds is 7. The first-order valence-corrected chi connectivity index (χ1v) is 10.5. The average molecular weight is 402 g/mol. The third-order valence-corrected chi connectivity index (χ3v) is 5.29. The van der Waals surface area contributed by atoms with Crippen molar-refractivity contribution in [1.29, 1.82) is 0 Å². The maximum absolute atomic E-state index is 13.1. The minimum absolute atomic E-state index is 0.138. The van der Waals surface area contributed by atoms with Crippen molar-refractivity contribution >= 4 is 5.91 Å². The highest BCUT2D eigenvalue weighted by atomic mass is 16.5. The van der Waals surface area contributed by atoms with Crippen molar-refractivity contribution in [2.75, 3.05) is 0 Å². The van der Waals surface area contributed by atoms with E-state index in [0.717, 1.165) is 28.0 Å². The Labute approximate surface area is 180 Å². The highest BCUT2D eigenvalue weighted by Crippen LogP contribution is 2.29. The molecule has 0 saturated carbocycles. The van der Waals surface area contributed by atoms with Gasteiger partial charge in [-0.3, -0.25) is 4.79 Å². The van der Waals surface area contributed by atoms with Crippen LogP contribution in [0.2, 0.25) is 0 Å². The van der Waals surface area contributed by atoms with Gasteiger partial charge in [-0.05, 0) is 55.0 Å². The lowest BCUT2D eigenvalue weighted by molar-refractivity contribution is -0.127. The van der Waals surface area contributed by atoms with Crippen molar-refractivity contribution < 1.29 is 9.53 Å². The fourth-order valence-electron chi connectivity index (χ4n) is 3.49. The van der Waals surface area contributed by atoms with E-state index in [1.165, 1.54) is 5.56 Å². The van der Waals surface area contributed by atoms with Gasteiger partial charge in [0.05, 0.1) is 6.04 Å². The minimum Gasteiger partial charge on any atom is -0.481 e. The van der Waals surface area contributed by atoms with E-state index in [2.05, 4.69) is 62.5 Å². The van der Waals surface area contributed by atoms with Crippen molar-refractivity contribution in [3.63, 3.8) is 0 Å². The number of ether oxygens (including phenoxy) is 1. The number of nitrogens with one attached hydrogen (secondary N) is 1. The van der Waals surface area contributed by atoms with Gasteiger partial charge in [0, 0.05) is 0 Å². The van der Waals surface area contributed by atoms with Gasteiger partial charge in [0.15, 0.2) is 6.10 Å². The highest BCUT2D eigenvalue weighted by Gasteiger charge is 2.23. The second-order valence-corrected chi connectivity index (χ2v) is 8.22. The zero-order valence-corrected chi connectivity index (χ0v) is 18.5. The maximum atomic E-state index is 13.1. The Morgan fingerprint density at radius 2 is 1.40 bits per heavy atom. The summed E-state index contributed by atoms with van der Waals surface area (Å²) < 4.78 is 6.13. The number of benzene rings is 3. The van der Waals surface area contributed by atoms with E-state index in [1.807, 2.05) is 43.3 Å². The van der Waals surface area contributed by atoms with Crippen LogP contribution in [0, 0.1) is 13.8 Å². The lowest BCUT2D eigenvalue weighted by Crippen LogP contribution is -2.39. The van der Waals surface area contributed by atoms with Crippen LogP contribution >= 0.6 is 0 Å². The van der Waals surface area contributed by atoms with Gasteiger partial charge in [0.25, 0.3) is 5.91 Å². The molecule has 3 aromatic carbocycles. The topological polar surface area (TPSA) is 38.3 Å². The Morgan fingerprint density at radius 1 is 0.800 bits per heavy atom. The van der Waals surface area contributed by atoms with E-state index in [-0.39, 0.29) is 11.9 Å². The summed E-state index contributed by atoms with van der Waals surface area (Å²) in [6, 6.07) is 24.2. The zero-order valence-electron chi connectivity index (χ0n) is 18.5. The fraction of sp³-hybridized carbons (Fsp3) is 0.296. The molecular weight excluding hydrogens is 370 g/mol. The van der Waals surface area contributed by atoms with Gasteiger partial charge in [0.1, 0.15) is 5.75 Å². The first-order valence-electron chi connectivity index (χ1n) is 10.5. The summed E-state index contributed by atoms with van der Waals surface area (Å²) in [5.41, 5.74) is 5.50. The quantitative estimate of drug-likeness (QED) is 0.519. The molecule has 3 heteroatoms. The summed E-state index contributed by atoms with van der Waals surface area (Å²) in [6.07, 6.45) is -0.610. The van der Waals surface area contributed by atoms with Crippen LogP contribution in [0.4, 0.5) is 0 Å². The van der Waals surface area contributed by atoms with Crippen LogP contribution in [0.15, 0.2) is 72.8 Å². The van der Waals surface area contributed by atoms with E-state index in [4.69, 9.17) is 4.74 Å². The first-order chi connectivity index (χ1) is 14.3. The van der Waals surface area contributed by atoms with Crippen LogP contribution in [0.5, 0.6) is 5.75 Å². The highest BCUT2D eigenvalue weighted by molar-refractivity contribution is 5.81. The predicted octanol–water partition coefficient (Wildman–Crippen LogP) is 6.10. The molecule has 30 heavy (non-hydrogen) atoms. The van der Waals surface area contributed by atoms with E-state index in [1.54, 1.807) is 6.92 Å². The summed E-state index contributed by atoms with van der Waals surface area (Å²) in [4.78, 5) is 13.1. The average Bonchev–Trinajstić information content (AvgIpc) is 2.73. The van der Waals surface area contributed by atoms with Crippen LogP contribution < -0.4 is 10.1 Å². The molecule has 0 fully saturated rings. The molecule has 3 nitrogen and oxygen atoms in total. The van der Waals surface area contributed by atoms with E-state index < -0.39 is 6.10 Å². The summed E-state index contributed by atoms with van der Waals surface area (Å²) in [5.74, 6) is 0.959. The monoisotopic (exact) mass is 401 g/mol. The van der Waals surface area contributed by atoms with Gasteiger partial charge >= 0.3 is 0 Å². The van der Waals surface area contributed by atoms with Crippen LogP contribution in [-0.4, -0.2) is 12.0 Å². The molecule has 0 radical (unpaired) electrons. The number of hydrogen-bond donors (Lipinski definition) is 1. The van der Waals surface area contributed by atoms with Gasteiger partial charge in [-0.1, -0.05) is 86.1 Å². The van der Waals surface area contributed by atoms with Crippen LogP contribution in [0.25, 0.3) is 0 Å². The van der Waals surface area contributed by atoms with E-state index in [0.29, 0.717) is 5.92 Å². The van der Waals surface area contributed by atoms with Gasteiger partial charge in [0.2, 0.25) is 0 Å². The number of carbonyl (C=O) groups is 1. The molecule has 3 rings (SSSR count). The van der Waals surface area contributed by atoms with Gasteiger partial charge in [-0.2, -0.15) is 0 Å². The molecule has 1 amide bonds. The fourth-order valence-corrected chi connectivity index (χ4v) is 3.49. The molecule has 0 bridgehead atoms. The first kappa shape index (κ1) is 21.6. The zero-order chi connectivity index (χ0) is 21.7. The lowest BCUT2D eigenvalue weighted by atomic mass is 9.97. The molecule has 156 valence electrons. The molecule has 0 heterocycles. The Balaban J connectivity index is 1.82. The lowest BCUT2D eigenvalue weighted by Gasteiger charge is -2.24. The summed E-state index contributed by atoms with van der Waals surface area (Å²) >= 11 is 0. The molecular formula is C27H31NO2. The molecule has 0 spiro atoms. The van der Waals surface area contributed by atoms with E-state index >= 15 is 0 Å². The maximum Gasteiger partial charge on any atom is 0.261 e. The van der Waals surface area contributed by atoms with Crippen LogP contribution in [0.1, 0.15) is 60.5 Å². The Bertz CT molecular complexity index is 978. The summed E-state index contributed by atoms with van der Waals surface area (Å²) in [6.45, 7) is 10.2. The largest absolute Gasteiger partial charge is 0.481 e. The normalized spacial score (nSPS) is 13.0. The molecule has 3 aromatic rings. The van der Waals surface area contributed by atoms with Crippen molar-refractivity contribution in [2.45, 2.75) is 52.7 Å². The second-order valence-electron chi connectivity index (χ2n) is 8.22. The summed E-state index contributed by atoms with van der Waals surface area (Å²) in [5, 5.41) is 3.19. The van der Waals surface area contributed by atoms with Crippen molar-refractivity contribution in [2.24, 2.45) is 0 Å². The molecule has 2 unspecified atom stereocenters. The van der Waals surface area contributed by atoms with Crippen LogP contribution in [-0.2, 0) is 4.79 Å². The van der Waals surface area contributed by atoms with Gasteiger partial charge in [-0.25, -0.2) is 0 Å². The minimum atomic E-state index is -0.610. The number of hydrogen-bond acceptors (Lipinski definition) is 2. The molecule has 1 N–H and O–H groups in total. The predicted molar refractivity (Wildman–Crippen MR) is 123 cm³/mol. The molecule has 0 aliphatic heterocycles. The van der Waals surface area contributed by atoms with Crippen molar-refractivity contribution in [1.82, 2.24) is 5.32 Å². The number of aryl methyl sites for hydroxylation is 2. The van der Waals surface area contributed by atoms with E-state index in [9.17, 15) is 4.79 Å².